The van der Waals surface area contributed by atoms with Gasteiger partial charge < -0.3 is 19.9 Å². The van der Waals surface area contributed by atoms with Gasteiger partial charge in [0.1, 0.15) is 22.9 Å². The minimum absolute atomic E-state index is 0.132. The fraction of sp³-hybridized carbons (Fsp3) is 0.138. The van der Waals surface area contributed by atoms with Crippen molar-refractivity contribution >= 4 is 33.5 Å². The number of benzene rings is 1. The number of aromatic amines is 2. The molecule has 0 bridgehead atoms. The fourth-order valence-corrected chi connectivity index (χ4v) is 4.66. The molecule has 0 spiro atoms. The molecule has 5 heterocycles. The van der Waals surface area contributed by atoms with E-state index in [4.69, 9.17) is 4.74 Å². The van der Waals surface area contributed by atoms with E-state index in [1.807, 2.05) is 38.4 Å². The highest BCUT2D eigenvalue weighted by Gasteiger charge is 2.16. The molecule has 0 aliphatic carbocycles. The Morgan fingerprint density at radius 1 is 1.02 bits per heavy atom. The molecule has 0 saturated carbocycles. The van der Waals surface area contributed by atoms with Crippen LogP contribution >= 0.6 is 0 Å². The Bertz CT molecular complexity index is 1880. The van der Waals surface area contributed by atoms with E-state index in [2.05, 4.69) is 35.5 Å². The van der Waals surface area contributed by atoms with Crippen LogP contribution < -0.4 is 10.1 Å². The highest BCUT2D eigenvalue weighted by atomic mass is 19.1. The van der Waals surface area contributed by atoms with Gasteiger partial charge in [0.25, 0.3) is 0 Å². The Hall–Kier alpha value is -5.16. The summed E-state index contributed by atoms with van der Waals surface area (Å²) in [7, 11) is 5.17. The maximum Gasteiger partial charge on any atom is 0.238 e. The number of amides is 1. The number of carbonyl (C=O) groups excluding carboxylic acids is 1. The molecule has 0 saturated heterocycles. The van der Waals surface area contributed by atoms with E-state index in [-0.39, 0.29) is 18.3 Å². The lowest BCUT2D eigenvalue weighted by Crippen LogP contribution is -2.27. The molecule has 40 heavy (non-hydrogen) atoms. The van der Waals surface area contributed by atoms with Gasteiger partial charge in [-0.25, -0.2) is 9.37 Å². The molecule has 5 aromatic heterocycles. The number of nitrogens with one attached hydrogen (secondary N) is 3. The maximum absolute atomic E-state index is 14.3. The number of likely N-dealkylation sites (N-methyl/N-ethyl adjacent to an activating group) is 1. The first-order valence-electron chi connectivity index (χ1n) is 12.4. The summed E-state index contributed by atoms with van der Waals surface area (Å²) in [5, 5.41) is 12.1. The Morgan fingerprint density at radius 2 is 1.90 bits per heavy atom. The summed E-state index contributed by atoms with van der Waals surface area (Å²) in [5.74, 6) is -0.0814. The van der Waals surface area contributed by atoms with Gasteiger partial charge in [0.15, 0.2) is 0 Å². The van der Waals surface area contributed by atoms with Crippen molar-refractivity contribution in [3.63, 3.8) is 0 Å². The Balaban J connectivity index is 1.38. The van der Waals surface area contributed by atoms with Crippen LogP contribution in [0.1, 0.15) is 0 Å². The fourth-order valence-electron chi connectivity index (χ4n) is 4.66. The second-order valence-corrected chi connectivity index (χ2v) is 9.62. The van der Waals surface area contributed by atoms with Crippen LogP contribution in [-0.4, -0.2) is 68.7 Å². The molecule has 3 N–H and O–H groups in total. The maximum atomic E-state index is 14.3. The molecule has 200 valence electrons. The quantitative estimate of drug-likeness (QED) is 0.266. The highest BCUT2D eigenvalue weighted by Crippen LogP contribution is 2.35. The number of methoxy groups -OCH3 is 1. The van der Waals surface area contributed by atoms with Crippen LogP contribution in [0, 0.1) is 5.82 Å². The van der Waals surface area contributed by atoms with Gasteiger partial charge in [0.05, 0.1) is 48.6 Å². The van der Waals surface area contributed by atoms with Crippen LogP contribution in [0.4, 0.5) is 10.1 Å². The summed E-state index contributed by atoms with van der Waals surface area (Å²) >= 11 is 0. The first-order valence-corrected chi connectivity index (χ1v) is 12.4. The van der Waals surface area contributed by atoms with Gasteiger partial charge in [-0.3, -0.25) is 19.9 Å². The first kappa shape index (κ1) is 25.1. The molecule has 0 aliphatic rings. The number of anilines is 1. The Kier molecular flexibility index (Phi) is 6.40. The monoisotopic (exact) mass is 536 g/mol. The van der Waals surface area contributed by atoms with Crippen LogP contribution in [0.3, 0.4) is 0 Å². The van der Waals surface area contributed by atoms with Crippen LogP contribution in [0.5, 0.6) is 5.75 Å². The van der Waals surface area contributed by atoms with Crippen LogP contribution in [0.15, 0.2) is 67.3 Å². The minimum atomic E-state index is -0.385. The van der Waals surface area contributed by atoms with Crippen molar-refractivity contribution in [2.45, 2.75) is 0 Å². The van der Waals surface area contributed by atoms with Crippen molar-refractivity contribution in [2.75, 3.05) is 33.1 Å². The molecule has 0 fully saturated rings. The molecule has 10 nitrogen and oxygen atoms in total. The van der Waals surface area contributed by atoms with Gasteiger partial charge in [-0.15, -0.1) is 0 Å². The van der Waals surface area contributed by atoms with Crippen molar-refractivity contribution in [3.8, 4) is 39.5 Å². The van der Waals surface area contributed by atoms with Gasteiger partial charge in [0, 0.05) is 34.8 Å². The lowest BCUT2D eigenvalue weighted by Gasteiger charge is -2.10. The van der Waals surface area contributed by atoms with E-state index in [9.17, 15) is 9.18 Å². The topological polar surface area (TPSA) is 125 Å². The summed E-state index contributed by atoms with van der Waals surface area (Å²) in [5.41, 5.74) is 6.32. The number of fused-ring (bicyclic) bond motifs is 2. The number of hydrogen-bond donors (Lipinski definition) is 3. The lowest BCUT2D eigenvalue weighted by molar-refractivity contribution is -0.116. The van der Waals surface area contributed by atoms with E-state index in [0.29, 0.717) is 34.0 Å². The molecule has 0 unspecified atom stereocenters. The number of aromatic nitrogens is 6. The molecule has 1 amide bonds. The van der Waals surface area contributed by atoms with Crippen LogP contribution in [0.2, 0.25) is 0 Å². The molecule has 0 radical (unpaired) electrons. The van der Waals surface area contributed by atoms with E-state index in [1.54, 1.807) is 35.8 Å². The zero-order valence-corrected chi connectivity index (χ0v) is 22.0. The molecular formula is C29H25FN8O2. The summed E-state index contributed by atoms with van der Waals surface area (Å²) in [6.45, 7) is 0.265. The molecule has 6 rings (SSSR count). The molecular weight excluding hydrogens is 511 g/mol. The average Bonchev–Trinajstić information content (AvgIpc) is 3.56. The van der Waals surface area contributed by atoms with Gasteiger partial charge in [-0.05, 0) is 61.6 Å². The SMILES string of the molecule is COc1cc(F)cc(-c2ccnc3[nH]c(-c4n[nH]c5cnc(-c6cncc(NC(=O)CN(C)C)c6)cc45)cc23)c1. The standard InChI is InChI=1S/C29H25FN8O2/c1-38(2)15-27(39)34-19-7-17(12-31-13-19)24-11-23-26(14-33-24)36-37-28(23)25-10-22-21(4-5-32-29(22)35-25)16-6-18(30)9-20(8-16)40-3/h4-14H,15H2,1-3H3,(H,32,35)(H,34,39)(H,36,37). The van der Waals surface area contributed by atoms with Crippen molar-refractivity contribution in [2.24, 2.45) is 0 Å². The van der Waals surface area contributed by atoms with Gasteiger partial charge in [-0.2, -0.15) is 5.10 Å². The third-order valence-corrected chi connectivity index (χ3v) is 6.43. The number of nitrogens with zero attached hydrogens (tertiary/aromatic N) is 5. The molecule has 0 atom stereocenters. The van der Waals surface area contributed by atoms with Gasteiger partial charge >= 0.3 is 0 Å². The third-order valence-electron chi connectivity index (χ3n) is 6.43. The lowest BCUT2D eigenvalue weighted by atomic mass is 10.0. The van der Waals surface area contributed by atoms with E-state index >= 15 is 0 Å². The smallest absolute Gasteiger partial charge is 0.238 e. The molecule has 1 aromatic carbocycles. The number of hydrogen-bond acceptors (Lipinski definition) is 7. The predicted octanol–water partition coefficient (Wildman–Crippen LogP) is 4.88. The van der Waals surface area contributed by atoms with Crippen molar-refractivity contribution < 1.29 is 13.9 Å². The van der Waals surface area contributed by atoms with Crippen molar-refractivity contribution in [1.82, 2.24) is 35.0 Å². The number of carbonyl (C=O) groups is 1. The summed E-state index contributed by atoms with van der Waals surface area (Å²) < 4.78 is 19.5. The number of rotatable bonds is 7. The van der Waals surface area contributed by atoms with E-state index in [1.165, 1.54) is 19.2 Å². The number of halogens is 1. The zero-order chi connectivity index (χ0) is 27.8. The second-order valence-electron chi connectivity index (χ2n) is 9.62. The van der Waals surface area contributed by atoms with E-state index < -0.39 is 0 Å². The van der Waals surface area contributed by atoms with Crippen molar-refractivity contribution in [3.05, 3.63) is 73.1 Å². The van der Waals surface area contributed by atoms with Gasteiger partial charge in [0.2, 0.25) is 5.91 Å². The second kappa shape index (κ2) is 10.2. The Morgan fingerprint density at radius 3 is 2.73 bits per heavy atom. The predicted molar refractivity (Wildman–Crippen MR) is 151 cm³/mol. The van der Waals surface area contributed by atoms with Crippen LogP contribution in [0.25, 0.3) is 55.7 Å². The largest absolute Gasteiger partial charge is 0.497 e. The van der Waals surface area contributed by atoms with E-state index in [0.717, 1.165) is 33.1 Å². The average molecular weight is 537 g/mol. The first-order chi connectivity index (χ1) is 19.4. The third kappa shape index (κ3) is 4.85. The minimum Gasteiger partial charge on any atom is -0.497 e. The zero-order valence-electron chi connectivity index (χ0n) is 22.0. The molecule has 0 aliphatic heterocycles. The number of pyridine rings is 3. The van der Waals surface area contributed by atoms with Crippen molar-refractivity contribution in [1.29, 1.82) is 0 Å². The Labute approximate surface area is 228 Å². The molecule has 6 aromatic rings. The summed E-state index contributed by atoms with van der Waals surface area (Å²) in [6.07, 6.45) is 6.69. The highest BCUT2D eigenvalue weighted by molar-refractivity contribution is 6.00. The summed E-state index contributed by atoms with van der Waals surface area (Å²) in [4.78, 5) is 30.7. The normalized spacial score (nSPS) is 11.4. The summed E-state index contributed by atoms with van der Waals surface area (Å²) in [6, 6.07) is 12.2. The number of H-pyrrole nitrogens is 2. The van der Waals surface area contributed by atoms with Gasteiger partial charge in [-0.1, -0.05) is 0 Å². The van der Waals surface area contributed by atoms with Crippen LogP contribution in [-0.2, 0) is 4.79 Å². The molecule has 11 heteroatoms. The number of ether oxygens (including phenoxy) is 1.